The van der Waals surface area contributed by atoms with Crippen LogP contribution in [-0.4, -0.2) is 42.2 Å². The first kappa shape index (κ1) is 25.5. The number of carbonyl (C=O) groups is 2. The third-order valence-electron chi connectivity index (χ3n) is 5.42. The van der Waals surface area contributed by atoms with Crippen molar-refractivity contribution in [3.05, 3.63) is 59.2 Å². The molecule has 0 saturated carbocycles. The predicted molar refractivity (Wildman–Crippen MR) is 116 cm³/mol. The van der Waals surface area contributed by atoms with Crippen LogP contribution in [0.4, 0.5) is 13.2 Å². The van der Waals surface area contributed by atoms with Crippen LogP contribution in [0.3, 0.4) is 0 Å². The van der Waals surface area contributed by atoms with Gasteiger partial charge in [-0.3, -0.25) is 9.59 Å². The molecule has 1 aliphatic rings. The standard InChI is InChI=1S/C23H26F3N3O5/c1-14(30)16-4-7-19(18(10-16)23(24,25)26)34-17-5-2-15(3-6-17)12-28-21(32)22(8-9-33-13-22)29-20(31)11-27/h2-7,10,14,30H,8-9,11-13,27H2,1H3,(H,28,32)(H,29,31). The molecule has 2 atom stereocenters. The molecule has 1 heterocycles. The topological polar surface area (TPSA) is 123 Å². The van der Waals surface area contributed by atoms with Gasteiger partial charge in [0.15, 0.2) is 0 Å². The Labute approximate surface area is 194 Å². The van der Waals surface area contributed by atoms with E-state index >= 15 is 0 Å². The Hall–Kier alpha value is -3.15. The lowest BCUT2D eigenvalue weighted by Crippen LogP contribution is -2.60. The van der Waals surface area contributed by atoms with E-state index in [1.54, 1.807) is 12.1 Å². The Balaban J connectivity index is 1.67. The molecular weight excluding hydrogens is 455 g/mol. The van der Waals surface area contributed by atoms with E-state index in [0.717, 1.165) is 12.1 Å². The zero-order valence-corrected chi connectivity index (χ0v) is 18.4. The number of aliphatic hydroxyl groups excluding tert-OH is 1. The molecule has 0 radical (unpaired) electrons. The fourth-order valence-corrected chi connectivity index (χ4v) is 3.49. The van der Waals surface area contributed by atoms with E-state index in [4.69, 9.17) is 15.2 Å². The maximum absolute atomic E-state index is 13.5. The Morgan fingerprint density at radius 3 is 2.50 bits per heavy atom. The molecule has 34 heavy (non-hydrogen) atoms. The summed E-state index contributed by atoms with van der Waals surface area (Å²) < 4.78 is 51.1. The zero-order chi connectivity index (χ0) is 24.9. The van der Waals surface area contributed by atoms with Crippen LogP contribution in [0.2, 0.25) is 0 Å². The molecule has 1 fully saturated rings. The molecule has 5 N–H and O–H groups in total. The summed E-state index contributed by atoms with van der Waals surface area (Å²) in [5, 5.41) is 14.9. The largest absolute Gasteiger partial charge is 0.457 e. The summed E-state index contributed by atoms with van der Waals surface area (Å²) >= 11 is 0. The molecule has 2 unspecified atom stereocenters. The monoisotopic (exact) mass is 481 g/mol. The molecule has 3 rings (SSSR count). The second-order valence-electron chi connectivity index (χ2n) is 8.00. The second-order valence-corrected chi connectivity index (χ2v) is 8.00. The second kappa shape index (κ2) is 10.4. The van der Waals surface area contributed by atoms with Crippen molar-refractivity contribution in [3.63, 3.8) is 0 Å². The quantitative estimate of drug-likeness (QED) is 0.459. The van der Waals surface area contributed by atoms with Gasteiger partial charge in [-0.15, -0.1) is 0 Å². The number of amides is 2. The van der Waals surface area contributed by atoms with Gasteiger partial charge in [-0.2, -0.15) is 13.2 Å². The fraction of sp³-hybridized carbons (Fsp3) is 0.391. The third-order valence-corrected chi connectivity index (χ3v) is 5.42. The number of carbonyl (C=O) groups excluding carboxylic acids is 2. The van der Waals surface area contributed by atoms with E-state index < -0.39 is 40.9 Å². The van der Waals surface area contributed by atoms with Crippen molar-refractivity contribution in [3.8, 4) is 11.5 Å². The minimum atomic E-state index is -4.66. The highest BCUT2D eigenvalue weighted by Crippen LogP contribution is 2.39. The van der Waals surface area contributed by atoms with Gasteiger partial charge in [0.2, 0.25) is 11.8 Å². The first-order valence-corrected chi connectivity index (χ1v) is 10.6. The van der Waals surface area contributed by atoms with E-state index in [1.807, 2.05) is 0 Å². The van der Waals surface area contributed by atoms with Crippen LogP contribution < -0.4 is 21.1 Å². The number of aliphatic hydroxyl groups is 1. The number of rotatable bonds is 8. The summed E-state index contributed by atoms with van der Waals surface area (Å²) in [6.07, 6.45) is -5.40. The number of halogens is 3. The number of nitrogens with one attached hydrogen (secondary N) is 2. The van der Waals surface area contributed by atoms with E-state index in [0.29, 0.717) is 18.6 Å². The van der Waals surface area contributed by atoms with Crippen LogP contribution in [0.25, 0.3) is 0 Å². The average Bonchev–Trinajstić information content (AvgIpc) is 3.27. The van der Waals surface area contributed by atoms with E-state index in [9.17, 15) is 27.9 Å². The minimum Gasteiger partial charge on any atom is -0.457 e. The van der Waals surface area contributed by atoms with Crippen molar-refractivity contribution in [1.29, 1.82) is 0 Å². The van der Waals surface area contributed by atoms with Crippen LogP contribution in [0.1, 0.15) is 36.1 Å². The zero-order valence-electron chi connectivity index (χ0n) is 18.4. The first-order chi connectivity index (χ1) is 16.0. The lowest BCUT2D eigenvalue weighted by molar-refractivity contribution is -0.138. The molecule has 2 amide bonds. The van der Waals surface area contributed by atoms with Crippen LogP contribution >= 0.6 is 0 Å². The Kier molecular flexibility index (Phi) is 7.80. The number of hydrogen-bond acceptors (Lipinski definition) is 6. The number of hydrogen-bond donors (Lipinski definition) is 4. The van der Waals surface area contributed by atoms with Crippen LogP contribution in [0, 0.1) is 0 Å². The van der Waals surface area contributed by atoms with Gasteiger partial charge in [0.1, 0.15) is 17.0 Å². The number of ether oxygens (including phenoxy) is 2. The van der Waals surface area contributed by atoms with Crippen molar-refractivity contribution < 1.29 is 37.3 Å². The molecule has 1 aliphatic heterocycles. The molecule has 184 valence electrons. The van der Waals surface area contributed by atoms with Crippen molar-refractivity contribution in [2.75, 3.05) is 19.8 Å². The Morgan fingerprint density at radius 2 is 1.94 bits per heavy atom. The molecule has 11 heteroatoms. The molecule has 0 aliphatic carbocycles. The van der Waals surface area contributed by atoms with Crippen LogP contribution in [0.5, 0.6) is 11.5 Å². The molecule has 0 bridgehead atoms. The maximum Gasteiger partial charge on any atom is 0.419 e. The van der Waals surface area contributed by atoms with Crippen LogP contribution in [0.15, 0.2) is 42.5 Å². The number of nitrogens with two attached hydrogens (primary N) is 1. The highest BCUT2D eigenvalue weighted by atomic mass is 19.4. The Bertz CT molecular complexity index is 1020. The summed E-state index contributed by atoms with van der Waals surface area (Å²) in [6.45, 7) is 1.60. The molecule has 0 spiro atoms. The molecule has 8 nitrogen and oxygen atoms in total. The van der Waals surface area contributed by atoms with Crippen molar-refractivity contribution in [2.45, 2.75) is 37.7 Å². The lowest BCUT2D eigenvalue weighted by atomic mass is 9.97. The van der Waals surface area contributed by atoms with Gasteiger partial charge in [0.25, 0.3) is 0 Å². The van der Waals surface area contributed by atoms with E-state index in [1.165, 1.54) is 25.1 Å². The van der Waals surface area contributed by atoms with E-state index in [2.05, 4.69) is 10.6 Å². The van der Waals surface area contributed by atoms with Crippen LogP contribution in [-0.2, 0) is 27.0 Å². The smallest absolute Gasteiger partial charge is 0.419 e. The highest BCUT2D eigenvalue weighted by molar-refractivity contribution is 5.92. The SMILES string of the molecule is CC(O)c1ccc(Oc2ccc(CNC(=O)C3(NC(=O)CN)CCOC3)cc2)c(C(F)(F)F)c1. The van der Waals surface area contributed by atoms with E-state index in [-0.39, 0.29) is 31.0 Å². The molecule has 0 aromatic heterocycles. The van der Waals surface area contributed by atoms with Gasteiger partial charge in [-0.25, -0.2) is 0 Å². The molecule has 1 saturated heterocycles. The van der Waals surface area contributed by atoms with Gasteiger partial charge >= 0.3 is 6.18 Å². The van der Waals surface area contributed by atoms with Gasteiger partial charge in [0, 0.05) is 19.6 Å². The summed E-state index contributed by atoms with van der Waals surface area (Å²) in [5.41, 5.74) is 3.93. The van der Waals surface area contributed by atoms with Gasteiger partial charge in [0.05, 0.1) is 24.8 Å². The van der Waals surface area contributed by atoms with Gasteiger partial charge in [-0.05, 0) is 42.3 Å². The highest BCUT2D eigenvalue weighted by Gasteiger charge is 2.43. The number of alkyl halides is 3. The fourth-order valence-electron chi connectivity index (χ4n) is 3.49. The maximum atomic E-state index is 13.5. The molecule has 2 aromatic rings. The summed E-state index contributed by atoms with van der Waals surface area (Å²) in [5.74, 6) is -1.11. The Morgan fingerprint density at radius 1 is 1.24 bits per heavy atom. The van der Waals surface area contributed by atoms with Crippen molar-refractivity contribution >= 4 is 11.8 Å². The first-order valence-electron chi connectivity index (χ1n) is 10.6. The van der Waals surface area contributed by atoms with Gasteiger partial charge < -0.3 is 30.9 Å². The summed E-state index contributed by atoms with van der Waals surface area (Å²) in [7, 11) is 0. The predicted octanol–water partition coefficient (Wildman–Crippen LogP) is 2.40. The number of benzene rings is 2. The third kappa shape index (κ3) is 6.04. The summed E-state index contributed by atoms with van der Waals surface area (Å²) in [4.78, 5) is 24.4. The van der Waals surface area contributed by atoms with Crippen molar-refractivity contribution in [1.82, 2.24) is 10.6 Å². The van der Waals surface area contributed by atoms with Crippen molar-refractivity contribution in [2.24, 2.45) is 5.73 Å². The lowest BCUT2D eigenvalue weighted by Gasteiger charge is -2.27. The minimum absolute atomic E-state index is 0.0345. The van der Waals surface area contributed by atoms with Gasteiger partial charge in [-0.1, -0.05) is 18.2 Å². The summed E-state index contributed by atoms with van der Waals surface area (Å²) in [6, 6.07) is 9.55. The molecular formula is C23H26F3N3O5. The average molecular weight is 481 g/mol. The normalized spacial score (nSPS) is 18.9. The molecule has 2 aromatic carbocycles.